The minimum atomic E-state index is -1.13. The van der Waals surface area contributed by atoms with E-state index >= 15 is 0 Å². The molecule has 1 saturated heterocycles. The van der Waals surface area contributed by atoms with Crippen molar-refractivity contribution in [3.05, 3.63) is 64.9 Å². The van der Waals surface area contributed by atoms with Gasteiger partial charge in [-0.15, -0.1) is 0 Å². The van der Waals surface area contributed by atoms with Gasteiger partial charge in [-0.3, -0.25) is 4.98 Å². The van der Waals surface area contributed by atoms with Crippen LogP contribution in [0.3, 0.4) is 0 Å². The number of aromatic nitrogens is 4. The molecule has 3 aromatic heterocycles. The van der Waals surface area contributed by atoms with Gasteiger partial charge in [0, 0.05) is 54.9 Å². The third-order valence-corrected chi connectivity index (χ3v) is 9.10. The van der Waals surface area contributed by atoms with Gasteiger partial charge in [-0.1, -0.05) is 32.0 Å². The van der Waals surface area contributed by atoms with E-state index in [0.717, 1.165) is 84.8 Å². The summed E-state index contributed by atoms with van der Waals surface area (Å²) in [6.45, 7) is 17.6. The minimum Gasteiger partial charge on any atom is -0.479 e. The summed E-state index contributed by atoms with van der Waals surface area (Å²) in [6, 6.07) is 8.65. The molecule has 0 amide bonds. The van der Waals surface area contributed by atoms with Crippen molar-refractivity contribution in [1.82, 2.24) is 19.9 Å². The molecule has 0 aliphatic carbocycles. The van der Waals surface area contributed by atoms with Crippen LogP contribution in [-0.2, 0) is 22.5 Å². The maximum Gasteiger partial charge on any atom is 0.337 e. The predicted molar refractivity (Wildman–Crippen MR) is 174 cm³/mol. The van der Waals surface area contributed by atoms with E-state index in [-0.39, 0.29) is 5.41 Å². The molecule has 2 aliphatic rings. The second-order valence-corrected chi connectivity index (χ2v) is 14.1. The zero-order valence-corrected chi connectivity index (χ0v) is 27.0. The van der Waals surface area contributed by atoms with Crippen molar-refractivity contribution in [1.29, 1.82) is 0 Å². The first-order valence-corrected chi connectivity index (χ1v) is 15.6. The topological polar surface area (TPSA) is 107 Å². The van der Waals surface area contributed by atoms with Gasteiger partial charge in [-0.05, 0) is 82.1 Å². The SMILES string of the molecule is Cc1nc(C)c(C(OC(C)(C)C)C(=O)O)c(N2CCC(C)(C)CC2)c1-c1ccc2c(c1)CCN(c1ncnc3cc[nH]c13)C2. The standard InChI is InChI=1S/C35H44N6O3/c1-21-27(24-8-9-25-19-41(15-11-23(25)18-24)32-29-26(10-14-36-29)37-20-38-32)30(40-16-12-35(6,7)13-17-40)28(22(2)39-21)31(33(42)43)44-34(3,4)5/h8-10,14,18,20,31,36H,11-13,15-17,19H2,1-7H3,(H,42,43). The summed E-state index contributed by atoms with van der Waals surface area (Å²) >= 11 is 0. The molecule has 44 heavy (non-hydrogen) atoms. The number of ether oxygens (including phenoxy) is 1. The number of carbonyl (C=O) groups is 1. The van der Waals surface area contributed by atoms with Gasteiger partial charge in [0.25, 0.3) is 0 Å². The number of piperidine rings is 1. The average Bonchev–Trinajstić information content (AvgIpc) is 3.44. The van der Waals surface area contributed by atoms with Crippen LogP contribution in [0.2, 0.25) is 0 Å². The molecule has 232 valence electrons. The Labute approximate surface area is 259 Å². The van der Waals surface area contributed by atoms with Crippen molar-refractivity contribution in [2.24, 2.45) is 5.41 Å². The number of hydrogen-bond acceptors (Lipinski definition) is 7. The van der Waals surface area contributed by atoms with E-state index in [9.17, 15) is 9.90 Å². The van der Waals surface area contributed by atoms with Crippen molar-refractivity contribution in [2.75, 3.05) is 29.4 Å². The Morgan fingerprint density at radius 2 is 1.77 bits per heavy atom. The number of hydrogen-bond donors (Lipinski definition) is 2. The second kappa shape index (κ2) is 11.2. The highest BCUT2D eigenvalue weighted by molar-refractivity contribution is 5.89. The fraction of sp³-hybridized carbons (Fsp3) is 0.486. The number of aliphatic carboxylic acids is 1. The van der Waals surface area contributed by atoms with E-state index in [1.807, 2.05) is 46.9 Å². The van der Waals surface area contributed by atoms with Crippen LogP contribution in [0.5, 0.6) is 0 Å². The molecule has 4 aromatic rings. The zero-order valence-electron chi connectivity index (χ0n) is 27.0. The number of nitrogens with zero attached hydrogens (tertiary/aromatic N) is 5. The molecule has 2 aliphatic heterocycles. The Balaban J connectivity index is 1.44. The fourth-order valence-corrected chi connectivity index (χ4v) is 6.74. The van der Waals surface area contributed by atoms with Crippen LogP contribution >= 0.6 is 0 Å². The number of carboxylic acid groups (broad SMARTS) is 1. The van der Waals surface area contributed by atoms with Crippen LogP contribution in [0.1, 0.15) is 81.6 Å². The molecule has 0 radical (unpaired) electrons. The molecule has 5 heterocycles. The largest absolute Gasteiger partial charge is 0.479 e. The summed E-state index contributed by atoms with van der Waals surface area (Å²) in [6.07, 6.45) is 5.34. The lowest BCUT2D eigenvalue weighted by molar-refractivity contribution is -0.160. The van der Waals surface area contributed by atoms with Crippen LogP contribution < -0.4 is 9.80 Å². The van der Waals surface area contributed by atoms with E-state index in [2.05, 4.69) is 56.8 Å². The van der Waals surface area contributed by atoms with Crippen molar-refractivity contribution < 1.29 is 14.6 Å². The average molecular weight is 597 g/mol. The number of aryl methyl sites for hydroxylation is 2. The second-order valence-electron chi connectivity index (χ2n) is 14.1. The quantitative estimate of drug-likeness (QED) is 0.251. The number of anilines is 2. The van der Waals surface area contributed by atoms with E-state index < -0.39 is 17.7 Å². The smallest absolute Gasteiger partial charge is 0.337 e. The summed E-state index contributed by atoms with van der Waals surface area (Å²) in [5, 5.41) is 10.5. The first kappa shape index (κ1) is 30.1. The summed E-state index contributed by atoms with van der Waals surface area (Å²) in [5.41, 5.74) is 9.32. The van der Waals surface area contributed by atoms with Gasteiger partial charge in [-0.2, -0.15) is 0 Å². The summed E-state index contributed by atoms with van der Waals surface area (Å²) < 4.78 is 6.25. The first-order chi connectivity index (χ1) is 20.8. The summed E-state index contributed by atoms with van der Waals surface area (Å²) in [4.78, 5) is 34.8. The van der Waals surface area contributed by atoms with E-state index in [4.69, 9.17) is 9.72 Å². The molecule has 0 bridgehead atoms. The lowest BCUT2D eigenvalue weighted by Gasteiger charge is -2.41. The maximum atomic E-state index is 12.8. The van der Waals surface area contributed by atoms with Gasteiger partial charge in [0.15, 0.2) is 11.9 Å². The molecular weight excluding hydrogens is 552 g/mol. The maximum absolute atomic E-state index is 12.8. The summed E-state index contributed by atoms with van der Waals surface area (Å²) in [5.74, 6) is -0.0727. The Morgan fingerprint density at radius 1 is 1.02 bits per heavy atom. The van der Waals surface area contributed by atoms with Crippen LogP contribution in [0.25, 0.3) is 22.2 Å². The van der Waals surface area contributed by atoms with Crippen molar-refractivity contribution in [2.45, 2.75) is 86.0 Å². The van der Waals surface area contributed by atoms with Crippen molar-refractivity contribution in [3.8, 4) is 11.1 Å². The summed E-state index contributed by atoms with van der Waals surface area (Å²) in [7, 11) is 0. The molecule has 1 fully saturated rings. The lowest BCUT2D eigenvalue weighted by atomic mass is 9.81. The van der Waals surface area contributed by atoms with Gasteiger partial charge in [-0.25, -0.2) is 14.8 Å². The molecule has 9 heteroatoms. The van der Waals surface area contributed by atoms with Crippen molar-refractivity contribution in [3.63, 3.8) is 0 Å². The van der Waals surface area contributed by atoms with Gasteiger partial charge in [0.1, 0.15) is 11.8 Å². The number of H-pyrrole nitrogens is 1. The Bertz CT molecular complexity index is 1710. The lowest BCUT2D eigenvalue weighted by Crippen LogP contribution is -2.39. The van der Waals surface area contributed by atoms with Gasteiger partial charge >= 0.3 is 5.97 Å². The van der Waals surface area contributed by atoms with Crippen LogP contribution in [0.15, 0.2) is 36.8 Å². The van der Waals surface area contributed by atoms with E-state index in [1.54, 1.807) is 6.33 Å². The van der Waals surface area contributed by atoms with Crippen molar-refractivity contribution >= 4 is 28.5 Å². The van der Waals surface area contributed by atoms with Gasteiger partial charge < -0.3 is 24.6 Å². The van der Waals surface area contributed by atoms with Gasteiger partial charge in [0.2, 0.25) is 0 Å². The van der Waals surface area contributed by atoms with Crippen LogP contribution in [0, 0.1) is 19.3 Å². The first-order valence-electron chi connectivity index (χ1n) is 15.6. The van der Waals surface area contributed by atoms with E-state index in [1.165, 1.54) is 11.1 Å². The monoisotopic (exact) mass is 596 g/mol. The number of pyridine rings is 1. The molecule has 0 spiro atoms. The molecule has 9 nitrogen and oxygen atoms in total. The molecule has 0 saturated carbocycles. The Hall–Kier alpha value is -3.98. The molecule has 1 aromatic carbocycles. The van der Waals surface area contributed by atoms with E-state index in [0.29, 0.717) is 11.3 Å². The number of nitrogens with one attached hydrogen (secondary N) is 1. The Morgan fingerprint density at radius 3 is 2.48 bits per heavy atom. The number of carboxylic acids is 1. The molecule has 1 atom stereocenters. The molecule has 2 N–H and O–H groups in total. The molecule has 1 unspecified atom stereocenters. The number of fused-ring (bicyclic) bond motifs is 2. The highest BCUT2D eigenvalue weighted by Crippen LogP contribution is 2.45. The number of rotatable bonds is 6. The highest BCUT2D eigenvalue weighted by atomic mass is 16.5. The van der Waals surface area contributed by atoms with Crippen LogP contribution in [-0.4, -0.2) is 56.2 Å². The molecular formula is C35H44N6O3. The van der Waals surface area contributed by atoms with Gasteiger partial charge in [0.05, 0.1) is 16.8 Å². The zero-order chi connectivity index (χ0) is 31.4. The predicted octanol–water partition coefficient (Wildman–Crippen LogP) is 6.77. The fourth-order valence-electron chi connectivity index (χ4n) is 6.74. The minimum absolute atomic E-state index is 0.245. The third-order valence-electron chi connectivity index (χ3n) is 9.10. The molecule has 6 rings (SSSR count). The van der Waals surface area contributed by atoms with Crippen LogP contribution in [0.4, 0.5) is 11.5 Å². The number of benzene rings is 1. The Kier molecular flexibility index (Phi) is 7.64. The third kappa shape index (κ3) is 5.77. The number of aromatic amines is 1. The normalized spacial score (nSPS) is 17.5. The highest BCUT2D eigenvalue weighted by Gasteiger charge is 2.36.